The number of imidazole rings is 1. The van der Waals surface area contributed by atoms with Gasteiger partial charge < -0.3 is 36.1 Å². The second-order valence-corrected chi connectivity index (χ2v) is 9.61. The first kappa shape index (κ1) is 30.1. The Bertz CT molecular complexity index is 1530. The van der Waals surface area contributed by atoms with Crippen LogP contribution in [0.1, 0.15) is 39.4 Å². The summed E-state index contributed by atoms with van der Waals surface area (Å²) >= 11 is 0. The molecule has 1 aliphatic rings. The Kier molecular flexibility index (Phi) is 9.46. The number of aromatic nitrogens is 2. The van der Waals surface area contributed by atoms with E-state index in [1.807, 2.05) is 0 Å². The number of carbonyl (C=O) groups is 3. The SMILES string of the molecule is Cc1cc(NC(=O)c2ncc(-c3ccc(OCC#N)c(F)c3F)[nH]2)ccc1C(=O)NCCNC(=O)C1(O)CCNCC1. The van der Waals surface area contributed by atoms with E-state index in [1.54, 1.807) is 19.1 Å². The van der Waals surface area contributed by atoms with Crippen LogP contribution in [0.25, 0.3) is 11.3 Å². The van der Waals surface area contributed by atoms with Gasteiger partial charge >= 0.3 is 0 Å². The zero-order chi connectivity index (χ0) is 30.3. The topological polar surface area (TPSA) is 181 Å². The van der Waals surface area contributed by atoms with Crippen molar-refractivity contribution >= 4 is 23.4 Å². The highest BCUT2D eigenvalue weighted by Gasteiger charge is 2.36. The van der Waals surface area contributed by atoms with Crippen molar-refractivity contribution in [3.8, 4) is 23.1 Å². The number of piperidine rings is 1. The van der Waals surface area contributed by atoms with Gasteiger partial charge in [-0.2, -0.15) is 9.65 Å². The van der Waals surface area contributed by atoms with Crippen molar-refractivity contribution in [1.82, 2.24) is 25.9 Å². The van der Waals surface area contributed by atoms with Gasteiger partial charge in [0, 0.05) is 29.9 Å². The quantitative estimate of drug-likeness (QED) is 0.196. The summed E-state index contributed by atoms with van der Waals surface area (Å²) in [6.45, 7) is 2.64. The number of H-pyrrole nitrogens is 1. The number of hydrogen-bond donors (Lipinski definition) is 6. The predicted molar refractivity (Wildman–Crippen MR) is 147 cm³/mol. The third-order valence-electron chi connectivity index (χ3n) is 6.70. The molecule has 0 bridgehead atoms. The molecular weight excluding hydrogens is 552 g/mol. The van der Waals surface area contributed by atoms with Crippen LogP contribution in [0.15, 0.2) is 36.5 Å². The standard InChI is InChI=1S/C28H29F2N7O5/c1-16-14-17(2-3-18(16)25(38)33-11-12-34-27(40)28(41)6-9-32-10-7-28)36-26(39)24-35-15-20(37-24)19-4-5-21(42-13-8-31)23(30)22(19)29/h2-5,14-15,32,41H,6-7,9-13H2,1H3,(H,33,38)(H,34,40)(H,35,37)(H,36,39). The van der Waals surface area contributed by atoms with Gasteiger partial charge in [-0.25, -0.2) is 9.37 Å². The molecule has 3 amide bonds. The zero-order valence-electron chi connectivity index (χ0n) is 22.6. The summed E-state index contributed by atoms with van der Waals surface area (Å²) in [5.41, 5.74) is -0.252. The lowest BCUT2D eigenvalue weighted by Gasteiger charge is -2.31. The van der Waals surface area contributed by atoms with E-state index in [9.17, 15) is 28.3 Å². The molecule has 2 aromatic carbocycles. The molecule has 1 fully saturated rings. The number of nitriles is 1. The Morgan fingerprint density at radius 1 is 1.10 bits per heavy atom. The molecule has 6 N–H and O–H groups in total. The summed E-state index contributed by atoms with van der Waals surface area (Å²) in [4.78, 5) is 44.2. The maximum atomic E-state index is 14.6. The molecule has 0 atom stereocenters. The van der Waals surface area contributed by atoms with Crippen molar-refractivity contribution in [2.24, 2.45) is 0 Å². The van der Waals surface area contributed by atoms with Crippen LogP contribution in [0.2, 0.25) is 0 Å². The minimum Gasteiger partial charge on any atom is -0.476 e. The number of amides is 3. The van der Waals surface area contributed by atoms with Gasteiger partial charge in [-0.05, 0) is 68.8 Å². The highest BCUT2D eigenvalue weighted by molar-refractivity contribution is 6.03. The van der Waals surface area contributed by atoms with E-state index in [-0.39, 0.29) is 36.1 Å². The van der Waals surface area contributed by atoms with Crippen LogP contribution >= 0.6 is 0 Å². The maximum absolute atomic E-state index is 14.6. The molecule has 1 saturated heterocycles. The minimum absolute atomic E-state index is 0.0488. The Hall–Kier alpha value is -4.87. The van der Waals surface area contributed by atoms with Gasteiger partial charge in [0.05, 0.1) is 11.9 Å². The van der Waals surface area contributed by atoms with Gasteiger partial charge in [0.2, 0.25) is 5.82 Å². The number of benzene rings is 2. The zero-order valence-corrected chi connectivity index (χ0v) is 22.6. The molecule has 0 spiro atoms. The Morgan fingerprint density at radius 2 is 1.83 bits per heavy atom. The van der Waals surface area contributed by atoms with E-state index >= 15 is 0 Å². The lowest BCUT2D eigenvalue weighted by molar-refractivity contribution is -0.142. The molecule has 14 heteroatoms. The average Bonchev–Trinajstić information content (AvgIpc) is 3.46. The smallest absolute Gasteiger partial charge is 0.291 e. The predicted octanol–water partition coefficient (Wildman–Crippen LogP) is 1.78. The number of hydrogen-bond acceptors (Lipinski definition) is 8. The van der Waals surface area contributed by atoms with Crippen LogP contribution < -0.4 is 26.0 Å². The maximum Gasteiger partial charge on any atom is 0.291 e. The van der Waals surface area contributed by atoms with Crippen LogP contribution in [0.5, 0.6) is 5.75 Å². The third kappa shape index (κ3) is 6.88. The molecule has 220 valence electrons. The van der Waals surface area contributed by atoms with Crippen LogP contribution in [0.4, 0.5) is 14.5 Å². The van der Waals surface area contributed by atoms with Gasteiger partial charge in [-0.15, -0.1) is 0 Å². The van der Waals surface area contributed by atoms with Gasteiger partial charge in [0.25, 0.3) is 17.7 Å². The van der Waals surface area contributed by atoms with E-state index in [0.29, 0.717) is 42.7 Å². The monoisotopic (exact) mass is 581 g/mol. The van der Waals surface area contributed by atoms with Crippen LogP contribution in [-0.2, 0) is 4.79 Å². The van der Waals surface area contributed by atoms with Crippen molar-refractivity contribution in [2.75, 3.05) is 38.1 Å². The molecule has 0 unspecified atom stereocenters. The minimum atomic E-state index is -1.41. The van der Waals surface area contributed by atoms with E-state index in [4.69, 9.17) is 10.00 Å². The first-order valence-electron chi connectivity index (χ1n) is 13.1. The lowest BCUT2D eigenvalue weighted by Crippen LogP contribution is -2.53. The fourth-order valence-corrected chi connectivity index (χ4v) is 4.40. The van der Waals surface area contributed by atoms with Gasteiger partial charge in [-0.1, -0.05) is 0 Å². The molecule has 0 radical (unpaired) electrons. The number of nitrogens with one attached hydrogen (secondary N) is 5. The van der Waals surface area contributed by atoms with Crippen molar-refractivity contribution < 1.29 is 33.0 Å². The highest BCUT2D eigenvalue weighted by atomic mass is 19.2. The first-order valence-corrected chi connectivity index (χ1v) is 13.1. The second kappa shape index (κ2) is 13.2. The van der Waals surface area contributed by atoms with Gasteiger partial charge in [0.1, 0.15) is 11.7 Å². The van der Waals surface area contributed by atoms with E-state index < -0.39 is 41.4 Å². The number of aryl methyl sites for hydroxylation is 1. The van der Waals surface area contributed by atoms with Crippen LogP contribution in [-0.4, -0.2) is 71.2 Å². The van der Waals surface area contributed by atoms with E-state index in [0.717, 1.165) is 0 Å². The molecule has 1 aromatic heterocycles. The number of aliphatic hydroxyl groups is 1. The highest BCUT2D eigenvalue weighted by Crippen LogP contribution is 2.29. The molecule has 4 rings (SSSR count). The van der Waals surface area contributed by atoms with Crippen LogP contribution in [0.3, 0.4) is 0 Å². The summed E-state index contributed by atoms with van der Waals surface area (Å²) in [5, 5.41) is 30.0. The summed E-state index contributed by atoms with van der Waals surface area (Å²) in [7, 11) is 0. The van der Waals surface area contributed by atoms with Crippen molar-refractivity contribution in [3.63, 3.8) is 0 Å². The van der Waals surface area contributed by atoms with Crippen LogP contribution in [0, 0.1) is 29.9 Å². The second-order valence-electron chi connectivity index (χ2n) is 9.61. The number of anilines is 1. The van der Waals surface area contributed by atoms with Crippen molar-refractivity contribution in [3.05, 3.63) is 65.1 Å². The lowest BCUT2D eigenvalue weighted by atomic mass is 9.91. The molecule has 1 aliphatic heterocycles. The number of aromatic amines is 1. The van der Waals surface area contributed by atoms with E-state index in [1.165, 1.54) is 30.5 Å². The summed E-state index contributed by atoms with van der Waals surface area (Å²) in [6.07, 6.45) is 1.82. The summed E-state index contributed by atoms with van der Waals surface area (Å²) < 4.78 is 33.7. The van der Waals surface area contributed by atoms with Gasteiger partial charge in [-0.3, -0.25) is 14.4 Å². The van der Waals surface area contributed by atoms with Gasteiger partial charge in [0.15, 0.2) is 24.0 Å². The first-order chi connectivity index (χ1) is 20.1. The molecule has 12 nitrogen and oxygen atoms in total. The molecule has 42 heavy (non-hydrogen) atoms. The number of carbonyl (C=O) groups excluding carboxylic acids is 3. The average molecular weight is 582 g/mol. The van der Waals surface area contributed by atoms with Crippen molar-refractivity contribution in [1.29, 1.82) is 5.26 Å². The molecule has 0 saturated carbocycles. The Labute approximate surface area is 239 Å². The Balaban J connectivity index is 1.31. The number of rotatable bonds is 10. The molecular formula is C28H29F2N7O5. The molecule has 0 aliphatic carbocycles. The third-order valence-corrected chi connectivity index (χ3v) is 6.70. The fourth-order valence-electron chi connectivity index (χ4n) is 4.40. The summed E-state index contributed by atoms with van der Waals surface area (Å²) in [5.74, 6) is -4.58. The number of nitrogens with zero attached hydrogens (tertiary/aromatic N) is 2. The fraction of sp³-hybridized carbons (Fsp3) is 0.321. The largest absolute Gasteiger partial charge is 0.476 e. The summed E-state index contributed by atoms with van der Waals surface area (Å²) in [6, 6.07) is 8.70. The molecule has 3 aromatic rings. The van der Waals surface area contributed by atoms with Crippen molar-refractivity contribution in [2.45, 2.75) is 25.4 Å². The Morgan fingerprint density at radius 3 is 2.55 bits per heavy atom. The molecule has 2 heterocycles. The normalized spacial score (nSPS) is 14.0. The number of halogens is 2. The van der Waals surface area contributed by atoms with E-state index in [2.05, 4.69) is 31.2 Å². The number of ether oxygens (including phenoxy) is 1.